The molecule has 1 saturated heterocycles. The molecule has 0 radical (unpaired) electrons. The first kappa shape index (κ1) is 19.0. The largest absolute Gasteiger partial charge is 0.480 e. The predicted molar refractivity (Wildman–Crippen MR) is 94.5 cm³/mol. The molecule has 0 saturated carbocycles. The second-order valence-electron chi connectivity index (χ2n) is 5.95. The van der Waals surface area contributed by atoms with Crippen molar-refractivity contribution in [2.75, 3.05) is 10.7 Å². The molecule has 1 heterocycles. The number of aliphatic carboxylic acids is 1. The molecule has 1 fully saturated rings. The first-order valence-electron chi connectivity index (χ1n) is 7.76. The highest BCUT2D eigenvalue weighted by Gasteiger charge is 2.40. The normalized spacial score (nSPS) is 18.4. The summed E-state index contributed by atoms with van der Waals surface area (Å²) in [4.78, 5) is 48.2. The summed E-state index contributed by atoms with van der Waals surface area (Å²) in [6.07, 6.45) is 0.0167. The highest BCUT2D eigenvalue weighted by molar-refractivity contribution is 8.00. The molecular weight excluding hydrogens is 344 g/mol. The number of aryl methyl sites for hydroxylation is 2. The van der Waals surface area contributed by atoms with Gasteiger partial charge in [0.15, 0.2) is 0 Å². The van der Waals surface area contributed by atoms with Crippen LogP contribution in [0.3, 0.4) is 0 Å². The number of amides is 3. The van der Waals surface area contributed by atoms with Crippen molar-refractivity contribution in [3.8, 4) is 0 Å². The Morgan fingerprint density at radius 3 is 2.56 bits per heavy atom. The van der Waals surface area contributed by atoms with Crippen molar-refractivity contribution in [3.63, 3.8) is 0 Å². The van der Waals surface area contributed by atoms with Crippen LogP contribution in [0.1, 0.15) is 24.5 Å². The van der Waals surface area contributed by atoms with Crippen LogP contribution < -0.4 is 10.2 Å². The quantitative estimate of drug-likeness (QED) is 0.737. The summed E-state index contributed by atoms with van der Waals surface area (Å²) in [5, 5.41) is 10.8. The van der Waals surface area contributed by atoms with E-state index >= 15 is 0 Å². The van der Waals surface area contributed by atoms with Crippen LogP contribution in [0.2, 0.25) is 0 Å². The first-order valence-corrected chi connectivity index (χ1v) is 8.81. The van der Waals surface area contributed by atoms with Gasteiger partial charge in [0.25, 0.3) is 0 Å². The zero-order valence-electron chi connectivity index (χ0n) is 14.2. The molecule has 2 N–H and O–H groups in total. The molecule has 25 heavy (non-hydrogen) atoms. The van der Waals surface area contributed by atoms with Crippen molar-refractivity contribution < 1.29 is 24.3 Å². The molecule has 7 nitrogen and oxygen atoms in total. The van der Waals surface area contributed by atoms with Crippen molar-refractivity contribution in [1.82, 2.24) is 5.32 Å². The van der Waals surface area contributed by atoms with E-state index in [0.717, 1.165) is 27.8 Å². The Balaban J connectivity index is 2.08. The molecule has 3 amide bonds. The van der Waals surface area contributed by atoms with Gasteiger partial charge in [0.1, 0.15) is 6.04 Å². The van der Waals surface area contributed by atoms with Gasteiger partial charge in [-0.15, -0.1) is 11.8 Å². The van der Waals surface area contributed by atoms with Crippen LogP contribution in [0.15, 0.2) is 18.2 Å². The standard InChI is InChI=1S/C17H20N2O5S/c1-9-4-5-12(6-10(9)2)19-15(21)7-14(16(19)22)25-8-13(17(23)24)18-11(3)20/h4-6,13-14H,7-8H2,1-3H3,(H,18,20)(H,23,24)/t13-,14+/m1/s1. The van der Waals surface area contributed by atoms with Gasteiger partial charge in [0.2, 0.25) is 17.7 Å². The molecule has 1 aromatic carbocycles. The van der Waals surface area contributed by atoms with Crippen LogP contribution >= 0.6 is 11.8 Å². The lowest BCUT2D eigenvalue weighted by atomic mass is 10.1. The summed E-state index contributed by atoms with van der Waals surface area (Å²) in [6.45, 7) is 5.08. The van der Waals surface area contributed by atoms with Gasteiger partial charge >= 0.3 is 5.97 Å². The van der Waals surface area contributed by atoms with Gasteiger partial charge in [-0.25, -0.2) is 9.69 Å². The molecule has 2 atom stereocenters. The van der Waals surface area contributed by atoms with E-state index in [2.05, 4.69) is 5.32 Å². The van der Waals surface area contributed by atoms with Gasteiger partial charge in [0, 0.05) is 19.1 Å². The van der Waals surface area contributed by atoms with Crippen molar-refractivity contribution in [2.24, 2.45) is 0 Å². The third-order valence-electron chi connectivity index (χ3n) is 3.99. The molecular formula is C17H20N2O5S. The van der Waals surface area contributed by atoms with Gasteiger partial charge in [-0.2, -0.15) is 0 Å². The number of rotatable bonds is 6. The Morgan fingerprint density at radius 1 is 1.32 bits per heavy atom. The third-order valence-corrected chi connectivity index (χ3v) is 5.29. The number of imide groups is 1. The maximum Gasteiger partial charge on any atom is 0.327 e. The van der Waals surface area contributed by atoms with Crippen LogP contribution in [0, 0.1) is 13.8 Å². The minimum absolute atomic E-state index is 0.0133. The summed E-state index contributed by atoms with van der Waals surface area (Å²) in [6, 6.07) is 4.27. The van der Waals surface area contributed by atoms with Crippen LogP contribution in [-0.4, -0.2) is 45.8 Å². The van der Waals surface area contributed by atoms with Crippen molar-refractivity contribution in [1.29, 1.82) is 0 Å². The number of thioether (sulfide) groups is 1. The lowest BCUT2D eigenvalue weighted by Gasteiger charge is -2.17. The highest BCUT2D eigenvalue weighted by Crippen LogP contribution is 2.31. The van der Waals surface area contributed by atoms with E-state index in [1.54, 1.807) is 12.1 Å². The lowest BCUT2D eigenvalue weighted by molar-refractivity contribution is -0.140. The number of carbonyl (C=O) groups excluding carboxylic acids is 3. The van der Waals surface area contributed by atoms with E-state index in [1.165, 1.54) is 6.92 Å². The van der Waals surface area contributed by atoms with Crippen molar-refractivity contribution in [2.45, 2.75) is 38.5 Å². The maximum absolute atomic E-state index is 12.6. The smallest absolute Gasteiger partial charge is 0.327 e. The second-order valence-corrected chi connectivity index (χ2v) is 7.19. The fourth-order valence-electron chi connectivity index (χ4n) is 2.50. The van der Waals surface area contributed by atoms with E-state index in [1.807, 2.05) is 19.9 Å². The SMILES string of the molecule is CC(=O)N[C@H](CS[C@H]1CC(=O)N(c2ccc(C)c(C)c2)C1=O)C(=O)O. The molecule has 2 rings (SSSR count). The monoisotopic (exact) mass is 364 g/mol. The molecule has 1 aliphatic rings. The third kappa shape index (κ3) is 4.39. The molecule has 0 unspecified atom stereocenters. The summed E-state index contributed by atoms with van der Waals surface area (Å²) in [5.74, 6) is -2.29. The zero-order valence-corrected chi connectivity index (χ0v) is 15.1. The van der Waals surface area contributed by atoms with Gasteiger partial charge in [-0.1, -0.05) is 6.07 Å². The zero-order chi connectivity index (χ0) is 18.7. The number of hydrogen-bond donors (Lipinski definition) is 2. The first-order chi connectivity index (χ1) is 11.7. The van der Waals surface area contributed by atoms with Crippen LogP contribution in [-0.2, 0) is 19.2 Å². The number of carbonyl (C=O) groups is 4. The minimum atomic E-state index is -1.18. The second kappa shape index (κ2) is 7.69. The average Bonchev–Trinajstić information content (AvgIpc) is 2.80. The molecule has 8 heteroatoms. The number of anilines is 1. The van der Waals surface area contributed by atoms with Crippen LogP contribution in [0.4, 0.5) is 5.69 Å². The number of hydrogen-bond acceptors (Lipinski definition) is 5. The lowest BCUT2D eigenvalue weighted by Crippen LogP contribution is -2.42. The number of benzene rings is 1. The summed E-state index contributed by atoms with van der Waals surface area (Å²) in [5.41, 5.74) is 2.57. The van der Waals surface area contributed by atoms with E-state index in [9.17, 15) is 19.2 Å². The average molecular weight is 364 g/mol. The molecule has 134 valence electrons. The van der Waals surface area contributed by atoms with E-state index in [4.69, 9.17) is 5.11 Å². The van der Waals surface area contributed by atoms with E-state index < -0.39 is 23.2 Å². The number of carboxylic acid groups (broad SMARTS) is 1. The van der Waals surface area contributed by atoms with Gasteiger partial charge in [-0.3, -0.25) is 14.4 Å². The van der Waals surface area contributed by atoms with Crippen LogP contribution in [0.5, 0.6) is 0 Å². The molecule has 1 aliphatic heterocycles. The van der Waals surface area contributed by atoms with E-state index in [0.29, 0.717) is 5.69 Å². The van der Waals surface area contributed by atoms with Crippen molar-refractivity contribution in [3.05, 3.63) is 29.3 Å². The van der Waals surface area contributed by atoms with E-state index in [-0.39, 0.29) is 24.0 Å². The number of nitrogens with zero attached hydrogens (tertiary/aromatic N) is 1. The highest BCUT2D eigenvalue weighted by atomic mass is 32.2. The van der Waals surface area contributed by atoms with Gasteiger partial charge < -0.3 is 10.4 Å². The molecule has 0 aliphatic carbocycles. The van der Waals surface area contributed by atoms with Gasteiger partial charge in [0.05, 0.1) is 10.9 Å². The molecule has 0 bridgehead atoms. The Kier molecular flexibility index (Phi) is 5.84. The maximum atomic E-state index is 12.6. The summed E-state index contributed by atoms with van der Waals surface area (Å²) >= 11 is 1.07. The predicted octanol–water partition coefficient (Wildman–Crippen LogP) is 1.26. The summed E-state index contributed by atoms with van der Waals surface area (Å²) < 4.78 is 0. The van der Waals surface area contributed by atoms with Gasteiger partial charge in [-0.05, 0) is 37.1 Å². The minimum Gasteiger partial charge on any atom is -0.480 e. The number of nitrogens with one attached hydrogen (secondary N) is 1. The Hall–Kier alpha value is -2.35. The van der Waals surface area contributed by atoms with Crippen LogP contribution in [0.25, 0.3) is 0 Å². The molecule has 0 aromatic heterocycles. The molecule has 0 spiro atoms. The number of carboxylic acids is 1. The molecule has 1 aromatic rings. The topological polar surface area (TPSA) is 104 Å². The Labute approximate surface area is 149 Å². The summed E-state index contributed by atoms with van der Waals surface area (Å²) in [7, 11) is 0. The van der Waals surface area contributed by atoms with Crippen molar-refractivity contribution >= 4 is 41.1 Å². The Bertz CT molecular complexity index is 734. The fraction of sp³-hybridized carbons (Fsp3) is 0.412. The fourth-order valence-corrected chi connectivity index (χ4v) is 3.66. The Morgan fingerprint density at radius 2 is 2.00 bits per heavy atom.